The molecule has 0 saturated carbocycles. The molecule has 0 unspecified atom stereocenters. The molecule has 2 rings (SSSR count). The molecule has 0 saturated heterocycles. The average molecular weight is 278 g/mol. The van der Waals surface area contributed by atoms with E-state index >= 15 is 0 Å². The van der Waals surface area contributed by atoms with E-state index in [9.17, 15) is 4.79 Å². The van der Waals surface area contributed by atoms with Gasteiger partial charge in [-0.05, 0) is 21.0 Å². The highest BCUT2D eigenvalue weighted by Gasteiger charge is 2.12. The summed E-state index contributed by atoms with van der Waals surface area (Å²) in [5, 5.41) is 11.6. The molecule has 0 radical (unpaired) electrons. The van der Waals surface area contributed by atoms with Gasteiger partial charge in [-0.2, -0.15) is 10.2 Å². The Hall–Kier alpha value is -1.89. The first-order valence-electron chi connectivity index (χ1n) is 6.75. The minimum Gasteiger partial charge on any atom is -0.355 e. The van der Waals surface area contributed by atoms with E-state index < -0.39 is 0 Å². The Kier molecular flexibility index (Phi) is 4.39. The van der Waals surface area contributed by atoms with Crippen LogP contribution in [0.25, 0.3) is 11.0 Å². The lowest BCUT2D eigenvalue weighted by Gasteiger charge is -2.10. The van der Waals surface area contributed by atoms with Crippen molar-refractivity contribution in [2.24, 2.45) is 7.05 Å². The molecule has 0 spiro atoms. The molecule has 0 bridgehead atoms. The van der Waals surface area contributed by atoms with Crippen LogP contribution < -0.4 is 5.32 Å². The first-order chi connectivity index (χ1) is 9.49. The van der Waals surface area contributed by atoms with Crippen molar-refractivity contribution in [1.29, 1.82) is 0 Å². The van der Waals surface area contributed by atoms with Crippen LogP contribution in [0.3, 0.4) is 0 Å². The van der Waals surface area contributed by atoms with Crippen molar-refractivity contribution in [3.63, 3.8) is 0 Å². The van der Waals surface area contributed by atoms with Crippen LogP contribution in [-0.2, 0) is 18.4 Å². The molecule has 1 amide bonds. The van der Waals surface area contributed by atoms with Crippen LogP contribution in [0.5, 0.6) is 0 Å². The molecule has 1 N–H and O–H groups in total. The van der Waals surface area contributed by atoms with Gasteiger partial charge in [0.25, 0.3) is 0 Å². The van der Waals surface area contributed by atoms with Crippen LogP contribution in [0.1, 0.15) is 12.1 Å². The molecular formula is C13H22N6O. The minimum absolute atomic E-state index is 0.0528. The number of rotatable bonds is 6. The Morgan fingerprint density at radius 3 is 2.90 bits per heavy atom. The Morgan fingerprint density at radius 1 is 1.45 bits per heavy atom. The highest BCUT2D eigenvalue weighted by molar-refractivity contribution is 5.78. The van der Waals surface area contributed by atoms with Crippen molar-refractivity contribution >= 4 is 16.9 Å². The van der Waals surface area contributed by atoms with Gasteiger partial charge in [0.1, 0.15) is 11.0 Å². The summed E-state index contributed by atoms with van der Waals surface area (Å²) >= 11 is 0. The molecule has 0 atom stereocenters. The summed E-state index contributed by atoms with van der Waals surface area (Å²) in [4.78, 5) is 13.8. The molecular weight excluding hydrogens is 256 g/mol. The summed E-state index contributed by atoms with van der Waals surface area (Å²) in [6, 6.07) is 0. The molecule has 0 aliphatic rings. The molecule has 7 heteroatoms. The molecule has 110 valence electrons. The second-order valence-electron chi connectivity index (χ2n) is 5.21. The molecule has 0 aliphatic heterocycles. The third kappa shape index (κ3) is 3.16. The monoisotopic (exact) mass is 278 g/mol. The smallest absolute Gasteiger partial charge is 0.221 e. The van der Waals surface area contributed by atoms with Gasteiger partial charge < -0.3 is 10.2 Å². The predicted molar refractivity (Wildman–Crippen MR) is 77.4 cm³/mol. The van der Waals surface area contributed by atoms with E-state index in [-0.39, 0.29) is 5.91 Å². The number of fused-ring (bicyclic) bond motifs is 1. The van der Waals surface area contributed by atoms with Crippen LogP contribution in [0.4, 0.5) is 0 Å². The average Bonchev–Trinajstić information content (AvgIpc) is 2.90. The highest BCUT2D eigenvalue weighted by Crippen LogP contribution is 2.16. The van der Waals surface area contributed by atoms with Crippen LogP contribution >= 0.6 is 0 Å². The fourth-order valence-corrected chi connectivity index (χ4v) is 2.19. The number of carbonyl (C=O) groups is 1. The maximum absolute atomic E-state index is 11.8. The number of hydrogen-bond donors (Lipinski definition) is 1. The Labute approximate surface area is 118 Å². The highest BCUT2D eigenvalue weighted by atomic mass is 16.1. The standard InChI is InChI=1S/C13H22N6O/c1-10-13-11(18(4)16-10)9-15-19(13)7-5-12(20)14-6-8-17(2)3/h9H,5-8H2,1-4H3,(H,14,20). The van der Waals surface area contributed by atoms with Crippen LogP contribution in [0, 0.1) is 6.92 Å². The largest absolute Gasteiger partial charge is 0.355 e. The van der Waals surface area contributed by atoms with Gasteiger partial charge in [0.15, 0.2) is 0 Å². The van der Waals surface area contributed by atoms with E-state index in [1.807, 2.05) is 42.3 Å². The van der Waals surface area contributed by atoms with Gasteiger partial charge >= 0.3 is 0 Å². The molecule has 2 heterocycles. The first kappa shape index (κ1) is 14.5. The van der Waals surface area contributed by atoms with E-state index in [0.717, 1.165) is 23.3 Å². The molecule has 0 aromatic carbocycles. The Bertz CT molecular complexity index is 597. The maximum Gasteiger partial charge on any atom is 0.221 e. The van der Waals surface area contributed by atoms with Gasteiger partial charge in [-0.25, -0.2) is 0 Å². The van der Waals surface area contributed by atoms with Crippen LogP contribution in [0.2, 0.25) is 0 Å². The topological polar surface area (TPSA) is 68.0 Å². The normalized spacial score (nSPS) is 11.4. The zero-order valence-electron chi connectivity index (χ0n) is 12.6. The van der Waals surface area contributed by atoms with Crippen molar-refractivity contribution in [1.82, 2.24) is 29.8 Å². The van der Waals surface area contributed by atoms with E-state index in [2.05, 4.69) is 15.5 Å². The lowest BCUT2D eigenvalue weighted by Crippen LogP contribution is -2.31. The second-order valence-corrected chi connectivity index (χ2v) is 5.21. The van der Waals surface area contributed by atoms with E-state index in [1.165, 1.54) is 0 Å². The fourth-order valence-electron chi connectivity index (χ4n) is 2.19. The van der Waals surface area contributed by atoms with Crippen molar-refractivity contribution in [2.75, 3.05) is 27.2 Å². The maximum atomic E-state index is 11.8. The van der Waals surface area contributed by atoms with Gasteiger partial charge in [-0.15, -0.1) is 0 Å². The Morgan fingerprint density at radius 2 is 2.20 bits per heavy atom. The third-order valence-corrected chi connectivity index (χ3v) is 3.24. The van der Waals surface area contributed by atoms with Gasteiger partial charge in [0.05, 0.1) is 18.4 Å². The summed E-state index contributed by atoms with van der Waals surface area (Å²) < 4.78 is 3.66. The van der Waals surface area contributed by atoms with Crippen molar-refractivity contribution in [2.45, 2.75) is 19.9 Å². The van der Waals surface area contributed by atoms with Gasteiger partial charge in [-0.1, -0.05) is 0 Å². The number of hydrogen-bond acceptors (Lipinski definition) is 4. The van der Waals surface area contributed by atoms with E-state index in [4.69, 9.17) is 0 Å². The van der Waals surface area contributed by atoms with Crippen molar-refractivity contribution in [3.8, 4) is 0 Å². The van der Waals surface area contributed by atoms with Crippen LogP contribution in [0.15, 0.2) is 6.20 Å². The third-order valence-electron chi connectivity index (χ3n) is 3.24. The number of aromatic nitrogens is 4. The molecule has 20 heavy (non-hydrogen) atoms. The van der Waals surface area contributed by atoms with Gasteiger partial charge in [0.2, 0.25) is 5.91 Å². The number of nitrogens with zero attached hydrogens (tertiary/aromatic N) is 5. The first-order valence-corrected chi connectivity index (χ1v) is 6.75. The molecule has 7 nitrogen and oxygen atoms in total. The fraction of sp³-hybridized carbons (Fsp3) is 0.615. The summed E-state index contributed by atoms with van der Waals surface area (Å²) in [5.41, 5.74) is 2.94. The van der Waals surface area contributed by atoms with E-state index in [0.29, 0.717) is 19.5 Å². The van der Waals surface area contributed by atoms with Crippen molar-refractivity contribution in [3.05, 3.63) is 11.9 Å². The SMILES string of the molecule is Cc1nn(C)c2cnn(CCC(=O)NCCN(C)C)c12. The molecule has 0 aliphatic carbocycles. The lowest BCUT2D eigenvalue weighted by molar-refractivity contribution is -0.121. The van der Waals surface area contributed by atoms with Crippen molar-refractivity contribution < 1.29 is 4.79 Å². The quantitative estimate of drug-likeness (QED) is 0.816. The number of carbonyl (C=O) groups excluding carboxylic acids is 1. The minimum atomic E-state index is 0.0528. The number of aryl methyl sites for hydroxylation is 3. The molecule has 2 aromatic rings. The number of nitrogens with one attached hydrogen (secondary N) is 1. The summed E-state index contributed by atoms with van der Waals surface area (Å²) in [5.74, 6) is 0.0528. The second kappa shape index (κ2) is 6.04. The zero-order valence-corrected chi connectivity index (χ0v) is 12.6. The summed E-state index contributed by atoms with van der Waals surface area (Å²) in [7, 11) is 5.87. The Balaban J connectivity index is 1.91. The lowest BCUT2D eigenvalue weighted by atomic mass is 10.3. The predicted octanol–water partition coefficient (Wildman–Crippen LogP) is 0.146. The number of likely N-dealkylation sites (N-methyl/N-ethyl adjacent to an activating group) is 1. The summed E-state index contributed by atoms with van der Waals surface area (Å²) in [6.07, 6.45) is 2.22. The summed E-state index contributed by atoms with van der Waals surface area (Å²) in [6.45, 7) is 4.05. The molecule has 2 aromatic heterocycles. The van der Waals surface area contributed by atoms with Gasteiger partial charge in [0, 0.05) is 26.6 Å². The molecule has 0 fully saturated rings. The van der Waals surface area contributed by atoms with E-state index in [1.54, 1.807) is 6.20 Å². The number of amides is 1. The zero-order chi connectivity index (χ0) is 14.7. The van der Waals surface area contributed by atoms with Crippen LogP contribution in [-0.4, -0.2) is 57.6 Å². The van der Waals surface area contributed by atoms with Gasteiger partial charge in [-0.3, -0.25) is 14.2 Å².